The number of ether oxygens (including phenoxy) is 1. The first kappa shape index (κ1) is 19.5. The fourth-order valence-corrected chi connectivity index (χ4v) is 4.39. The third-order valence-electron chi connectivity index (χ3n) is 6.06. The summed E-state index contributed by atoms with van der Waals surface area (Å²) in [6.07, 6.45) is 0.488. The summed E-state index contributed by atoms with van der Waals surface area (Å²) < 4.78 is 5.73. The lowest BCUT2D eigenvalue weighted by Gasteiger charge is -2.36. The van der Waals surface area contributed by atoms with Gasteiger partial charge in [0.1, 0.15) is 0 Å². The summed E-state index contributed by atoms with van der Waals surface area (Å²) in [6, 6.07) is 12.2. The van der Waals surface area contributed by atoms with E-state index in [2.05, 4.69) is 9.97 Å². The van der Waals surface area contributed by atoms with Gasteiger partial charge in [0, 0.05) is 30.3 Å². The van der Waals surface area contributed by atoms with Crippen LogP contribution in [0.25, 0.3) is 11.0 Å². The molecular formula is C22H22N4O5. The number of carbonyl (C=O) groups is 2. The highest BCUT2D eigenvalue weighted by atomic mass is 16.5. The molecule has 0 bridgehead atoms. The Morgan fingerprint density at radius 1 is 1.35 bits per heavy atom. The van der Waals surface area contributed by atoms with Crippen LogP contribution in [0.1, 0.15) is 34.3 Å². The van der Waals surface area contributed by atoms with Gasteiger partial charge < -0.3 is 19.9 Å². The zero-order valence-corrected chi connectivity index (χ0v) is 16.9. The molecule has 0 aliphatic carbocycles. The largest absolute Gasteiger partial charge is 0.465 e. The fourth-order valence-electron chi connectivity index (χ4n) is 4.39. The van der Waals surface area contributed by atoms with E-state index >= 15 is 0 Å². The van der Waals surface area contributed by atoms with Gasteiger partial charge in [0.25, 0.3) is 5.91 Å². The molecule has 0 spiro atoms. The van der Waals surface area contributed by atoms with Gasteiger partial charge in [-0.15, -0.1) is 0 Å². The Morgan fingerprint density at radius 2 is 2.16 bits per heavy atom. The lowest BCUT2D eigenvalue weighted by Crippen LogP contribution is -2.48. The normalized spacial score (nSPS) is 22.8. The molecule has 3 heterocycles. The second-order valence-corrected chi connectivity index (χ2v) is 7.90. The Morgan fingerprint density at radius 3 is 2.90 bits per heavy atom. The Hall–Kier alpha value is -3.43. The van der Waals surface area contributed by atoms with Crippen molar-refractivity contribution in [3.05, 3.63) is 59.2 Å². The van der Waals surface area contributed by atoms with Crippen LogP contribution >= 0.6 is 0 Å². The van der Waals surface area contributed by atoms with E-state index in [9.17, 15) is 19.8 Å². The number of rotatable bonds is 4. The van der Waals surface area contributed by atoms with E-state index in [1.807, 2.05) is 0 Å². The lowest BCUT2D eigenvalue weighted by molar-refractivity contribution is -0.0673. The minimum absolute atomic E-state index is 0.130. The first-order valence-corrected chi connectivity index (χ1v) is 10.1. The van der Waals surface area contributed by atoms with Gasteiger partial charge in [-0.05, 0) is 31.0 Å². The molecule has 9 nitrogen and oxygen atoms in total. The maximum absolute atomic E-state index is 13.2. The third kappa shape index (κ3) is 2.96. The molecule has 2 unspecified atom stereocenters. The lowest BCUT2D eigenvalue weighted by atomic mass is 9.93. The second-order valence-electron chi connectivity index (χ2n) is 7.90. The van der Waals surface area contributed by atoms with Crippen molar-refractivity contribution < 1.29 is 24.5 Å². The third-order valence-corrected chi connectivity index (χ3v) is 6.06. The first-order chi connectivity index (χ1) is 14.9. The van der Waals surface area contributed by atoms with Gasteiger partial charge in [0.15, 0.2) is 5.72 Å². The van der Waals surface area contributed by atoms with Crippen molar-refractivity contribution in [3.63, 3.8) is 0 Å². The molecule has 1 saturated heterocycles. The molecule has 2 aromatic carbocycles. The highest BCUT2D eigenvalue weighted by Gasteiger charge is 2.50. The molecule has 160 valence electrons. The van der Waals surface area contributed by atoms with Gasteiger partial charge >= 0.3 is 6.09 Å². The summed E-state index contributed by atoms with van der Waals surface area (Å²) in [5.74, 6) is -0.0761. The quantitative estimate of drug-likeness (QED) is 0.594. The molecule has 9 heteroatoms. The predicted molar refractivity (Wildman–Crippen MR) is 112 cm³/mol. The Balaban J connectivity index is 1.61. The molecule has 3 N–H and O–H groups in total. The van der Waals surface area contributed by atoms with Crippen LogP contribution in [0.2, 0.25) is 0 Å². The highest BCUT2D eigenvalue weighted by molar-refractivity contribution is 6.00. The van der Waals surface area contributed by atoms with Crippen LogP contribution in [-0.2, 0) is 10.5 Å². The number of H-pyrrole nitrogens is 1. The van der Waals surface area contributed by atoms with Gasteiger partial charge in [-0.25, -0.2) is 9.78 Å². The smallest absolute Gasteiger partial charge is 0.413 e. The maximum Gasteiger partial charge on any atom is 0.413 e. The standard InChI is InChI=1S/C22H22N4O5/c1-25(21(28)29)20-23-17-9-8-13(11-18(17)24-20)22(30)16-7-3-2-6-15(16)19(27)26(22)12-14-5-4-10-31-14/h2-3,6-9,11,14,30H,4-5,10,12H2,1H3,(H,23,24)(H,28,29). The van der Waals surface area contributed by atoms with E-state index in [0.29, 0.717) is 34.3 Å². The number of carbonyl (C=O) groups excluding carboxylic acids is 1. The summed E-state index contributed by atoms with van der Waals surface area (Å²) >= 11 is 0. The SMILES string of the molecule is CN(C(=O)O)c1nc2cc(C3(O)c4ccccc4C(=O)N3CC3CCCO3)ccc2[nH]1. The van der Waals surface area contributed by atoms with Crippen molar-refractivity contribution in [2.24, 2.45) is 0 Å². The summed E-state index contributed by atoms with van der Waals surface area (Å²) in [7, 11) is 1.39. The molecule has 1 fully saturated rings. The number of benzene rings is 2. The molecule has 0 saturated carbocycles. The molecule has 31 heavy (non-hydrogen) atoms. The maximum atomic E-state index is 13.2. The van der Waals surface area contributed by atoms with Gasteiger partial charge in [-0.1, -0.05) is 24.3 Å². The summed E-state index contributed by atoms with van der Waals surface area (Å²) in [6.45, 7) is 0.923. The van der Waals surface area contributed by atoms with Crippen LogP contribution in [0.15, 0.2) is 42.5 Å². The molecule has 2 aliphatic heterocycles. The number of imidazole rings is 1. The number of aromatic amines is 1. The van der Waals surface area contributed by atoms with Crippen LogP contribution < -0.4 is 4.90 Å². The van der Waals surface area contributed by atoms with Crippen molar-refractivity contribution in [1.29, 1.82) is 0 Å². The average Bonchev–Trinajstić information content (AvgIpc) is 3.48. The Labute approximate surface area is 177 Å². The van der Waals surface area contributed by atoms with Crippen LogP contribution in [-0.4, -0.2) is 63.4 Å². The Bertz CT molecular complexity index is 1190. The van der Waals surface area contributed by atoms with Gasteiger partial charge in [-0.3, -0.25) is 14.6 Å². The van der Waals surface area contributed by atoms with E-state index in [0.717, 1.165) is 17.7 Å². The number of hydrogen-bond donors (Lipinski definition) is 3. The van der Waals surface area contributed by atoms with Gasteiger partial charge in [-0.2, -0.15) is 0 Å². The topological polar surface area (TPSA) is 119 Å². The van der Waals surface area contributed by atoms with Crippen LogP contribution in [0.4, 0.5) is 10.7 Å². The number of aromatic nitrogens is 2. The van der Waals surface area contributed by atoms with Gasteiger partial charge in [0.2, 0.25) is 5.95 Å². The van der Waals surface area contributed by atoms with E-state index in [1.165, 1.54) is 11.9 Å². The van der Waals surface area contributed by atoms with Crippen molar-refractivity contribution in [2.45, 2.75) is 24.7 Å². The molecule has 1 aromatic heterocycles. The number of carboxylic acid groups (broad SMARTS) is 1. The van der Waals surface area contributed by atoms with Crippen molar-refractivity contribution in [1.82, 2.24) is 14.9 Å². The van der Waals surface area contributed by atoms with Crippen molar-refractivity contribution in [2.75, 3.05) is 25.1 Å². The second kappa shape index (κ2) is 7.07. The molecular weight excluding hydrogens is 400 g/mol. The van der Waals surface area contributed by atoms with E-state index < -0.39 is 11.8 Å². The summed E-state index contributed by atoms with van der Waals surface area (Å²) in [5, 5.41) is 21.2. The van der Waals surface area contributed by atoms with Crippen LogP contribution in [0.5, 0.6) is 0 Å². The summed E-state index contributed by atoms with van der Waals surface area (Å²) in [5.41, 5.74) is 0.882. The van der Waals surface area contributed by atoms with Crippen molar-refractivity contribution >= 4 is 29.0 Å². The number of nitrogens with zero attached hydrogens (tertiary/aromatic N) is 3. The predicted octanol–water partition coefficient (Wildman–Crippen LogP) is 2.51. The molecule has 2 amide bonds. The van der Waals surface area contributed by atoms with E-state index in [1.54, 1.807) is 42.5 Å². The summed E-state index contributed by atoms with van der Waals surface area (Å²) in [4.78, 5) is 34.2. The van der Waals surface area contributed by atoms with E-state index in [-0.39, 0.29) is 24.5 Å². The van der Waals surface area contributed by atoms with Crippen LogP contribution in [0, 0.1) is 0 Å². The molecule has 2 atom stereocenters. The highest BCUT2D eigenvalue weighted by Crippen LogP contribution is 2.43. The number of fused-ring (bicyclic) bond motifs is 2. The zero-order chi connectivity index (χ0) is 21.8. The van der Waals surface area contributed by atoms with E-state index in [4.69, 9.17) is 4.74 Å². The van der Waals surface area contributed by atoms with Crippen LogP contribution in [0.3, 0.4) is 0 Å². The minimum Gasteiger partial charge on any atom is -0.465 e. The molecule has 0 radical (unpaired) electrons. The fraction of sp³-hybridized carbons (Fsp3) is 0.318. The van der Waals surface area contributed by atoms with Crippen molar-refractivity contribution in [3.8, 4) is 0 Å². The monoisotopic (exact) mass is 422 g/mol. The number of nitrogens with one attached hydrogen (secondary N) is 1. The first-order valence-electron chi connectivity index (χ1n) is 10.1. The number of amides is 2. The molecule has 5 rings (SSSR count). The minimum atomic E-state index is -1.67. The number of hydrogen-bond acceptors (Lipinski definition) is 5. The average molecular weight is 422 g/mol. The molecule has 3 aromatic rings. The zero-order valence-electron chi connectivity index (χ0n) is 16.9. The Kier molecular flexibility index (Phi) is 4.45. The molecule has 2 aliphatic rings. The van der Waals surface area contributed by atoms with Gasteiger partial charge in [0.05, 0.1) is 23.7 Å². The number of aliphatic hydroxyl groups is 1. The number of anilines is 1.